The van der Waals surface area contributed by atoms with Crippen molar-refractivity contribution in [2.24, 2.45) is 0 Å². The van der Waals surface area contributed by atoms with Crippen LogP contribution < -0.4 is 24.8 Å². The summed E-state index contributed by atoms with van der Waals surface area (Å²) in [4.78, 5) is 0. The van der Waals surface area contributed by atoms with Crippen LogP contribution in [0.3, 0.4) is 0 Å². The van der Waals surface area contributed by atoms with Crippen LogP contribution in [-0.2, 0) is 26.2 Å². The minimum Gasteiger partial charge on any atom is -1.00 e. The molecule has 0 atom stereocenters. The third kappa shape index (κ3) is 5.24. The van der Waals surface area contributed by atoms with E-state index in [1.807, 2.05) is 0 Å². The fourth-order valence-corrected chi connectivity index (χ4v) is 1.07. The van der Waals surface area contributed by atoms with Gasteiger partial charge in [-0.2, -0.15) is 17.5 Å². The van der Waals surface area contributed by atoms with Gasteiger partial charge in [-0.25, -0.2) is 0 Å². The number of benzene rings is 1. The van der Waals surface area contributed by atoms with Gasteiger partial charge in [-0.05, 0) is 0 Å². The molecule has 0 unspecified atom stereocenters. The van der Waals surface area contributed by atoms with Crippen molar-refractivity contribution in [1.29, 1.82) is 0 Å². The molecule has 0 amide bonds. The van der Waals surface area contributed by atoms with Crippen LogP contribution >= 0.6 is 0 Å². The quantitative estimate of drug-likeness (QED) is 0.471. The minimum atomic E-state index is 0. The number of hydrogen-bond acceptors (Lipinski definition) is 0. The van der Waals surface area contributed by atoms with E-state index in [1.54, 1.807) is 0 Å². The Balaban J connectivity index is -0.0000001000. The first-order valence-electron chi connectivity index (χ1n) is 3.07. The molecule has 2 aromatic carbocycles. The molecule has 0 spiro atoms. The van der Waals surface area contributed by atoms with Crippen molar-refractivity contribution in [3.8, 4) is 0 Å². The standard InChI is InChI=1S/C9H7.2CH3.2ClH.Zr/c1-2-5-9-7-3-6-8(9)4-1;;;;;/h1-7H;2*1H3;2*1H;/q3*-1;;;+2/p-2. The van der Waals surface area contributed by atoms with Gasteiger partial charge in [-0.1, -0.05) is 6.07 Å². The fraction of sp³-hybridized carbons (Fsp3) is 0. The third-order valence-electron chi connectivity index (χ3n) is 1.55. The molecule has 0 aliphatic carbocycles. The zero-order chi connectivity index (χ0) is 6.10. The van der Waals surface area contributed by atoms with Crippen molar-refractivity contribution in [3.05, 3.63) is 57.3 Å². The van der Waals surface area contributed by atoms with Gasteiger partial charge in [0.25, 0.3) is 0 Å². The van der Waals surface area contributed by atoms with Crippen LogP contribution in [0.1, 0.15) is 0 Å². The van der Waals surface area contributed by atoms with E-state index in [2.05, 4.69) is 42.5 Å². The maximum absolute atomic E-state index is 2.12. The number of rotatable bonds is 0. The van der Waals surface area contributed by atoms with E-state index in [9.17, 15) is 0 Å². The molecular weight excluding hydrogens is 294 g/mol. The molecule has 0 aromatic heterocycles. The van der Waals surface area contributed by atoms with E-state index in [-0.39, 0.29) is 65.9 Å². The molecule has 0 fully saturated rings. The number of hydrogen-bond donors (Lipinski definition) is 0. The maximum Gasteiger partial charge on any atom is 2.00 e. The Morgan fingerprint density at radius 1 is 0.857 bits per heavy atom. The van der Waals surface area contributed by atoms with Crippen molar-refractivity contribution in [1.82, 2.24) is 0 Å². The van der Waals surface area contributed by atoms with Gasteiger partial charge in [-0.3, -0.25) is 0 Å². The molecule has 0 saturated carbocycles. The second-order valence-electron chi connectivity index (χ2n) is 2.15. The second kappa shape index (κ2) is 11.4. The summed E-state index contributed by atoms with van der Waals surface area (Å²) in [5.41, 5.74) is 0. The van der Waals surface area contributed by atoms with E-state index in [0.29, 0.717) is 0 Å². The molecule has 0 saturated heterocycles. The fourth-order valence-electron chi connectivity index (χ4n) is 1.07. The monoisotopic (exact) mass is 305 g/mol. The van der Waals surface area contributed by atoms with Gasteiger partial charge in [0.1, 0.15) is 0 Å². The van der Waals surface area contributed by atoms with Gasteiger partial charge in [0.05, 0.1) is 0 Å². The molecule has 78 valence electrons. The smallest absolute Gasteiger partial charge is 1.00 e. The topological polar surface area (TPSA) is 0 Å². The van der Waals surface area contributed by atoms with Gasteiger partial charge >= 0.3 is 26.2 Å². The van der Waals surface area contributed by atoms with Gasteiger partial charge in [0.2, 0.25) is 0 Å². The SMILES string of the molecule is [CH3-].[CH3-].[Cl-].[Cl-].[Zr+2].c1ccc2[cH-]ccc2c1. The molecule has 2 aromatic rings. The van der Waals surface area contributed by atoms with Crippen LogP contribution in [0.25, 0.3) is 10.8 Å². The Bertz CT molecular complexity index is 287. The van der Waals surface area contributed by atoms with Crippen molar-refractivity contribution >= 4 is 10.8 Å². The first kappa shape index (κ1) is 23.8. The van der Waals surface area contributed by atoms with E-state index >= 15 is 0 Å². The third-order valence-corrected chi connectivity index (χ3v) is 1.55. The van der Waals surface area contributed by atoms with Gasteiger partial charge in [-0.15, -0.1) is 29.7 Å². The van der Waals surface area contributed by atoms with Crippen LogP contribution in [0, 0.1) is 14.9 Å². The molecule has 0 bridgehead atoms. The average molecular weight is 307 g/mol. The van der Waals surface area contributed by atoms with Crippen molar-refractivity contribution < 1.29 is 51.0 Å². The summed E-state index contributed by atoms with van der Waals surface area (Å²) in [5, 5.41) is 2.66. The summed E-state index contributed by atoms with van der Waals surface area (Å²) >= 11 is 0. The first-order chi connectivity index (χ1) is 4.47. The van der Waals surface area contributed by atoms with Crippen molar-refractivity contribution in [3.63, 3.8) is 0 Å². The van der Waals surface area contributed by atoms with Gasteiger partial charge in [0.15, 0.2) is 0 Å². The van der Waals surface area contributed by atoms with Gasteiger partial charge < -0.3 is 39.7 Å². The molecule has 0 radical (unpaired) electrons. The minimum absolute atomic E-state index is 0. The summed E-state index contributed by atoms with van der Waals surface area (Å²) in [6.07, 6.45) is 0. The van der Waals surface area contributed by atoms with Crippen LogP contribution in [-0.4, -0.2) is 0 Å². The van der Waals surface area contributed by atoms with Crippen LogP contribution in [0.2, 0.25) is 0 Å². The molecule has 14 heavy (non-hydrogen) atoms. The normalized spacial score (nSPS) is 6.57. The zero-order valence-corrected chi connectivity index (χ0v) is 12.3. The molecule has 0 aliphatic heterocycles. The zero-order valence-electron chi connectivity index (χ0n) is 8.30. The van der Waals surface area contributed by atoms with Crippen LogP contribution in [0.4, 0.5) is 0 Å². The van der Waals surface area contributed by atoms with E-state index in [4.69, 9.17) is 0 Å². The maximum atomic E-state index is 2.12. The predicted molar refractivity (Wildman–Crippen MR) is 52.4 cm³/mol. The molecular formula is C11H13Cl2Zr-3. The van der Waals surface area contributed by atoms with E-state index in [1.165, 1.54) is 10.8 Å². The van der Waals surface area contributed by atoms with Crippen LogP contribution in [0.15, 0.2) is 42.5 Å². The second-order valence-corrected chi connectivity index (χ2v) is 2.15. The number of halogens is 2. The summed E-state index contributed by atoms with van der Waals surface area (Å²) < 4.78 is 0. The average Bonchev–Trinajstić information content (AvgIpc) is 2.33. The summed E-state index contributed by atoms with van der Waals surface area (Å²) in [5.74, 6) is 0. The molecule has 0 N–H and O–H groups in total. The first-order valence-corrected chi connectivity index (χ1v) is 3.07. The molecule has 0 aliphatic rings. The number of fused-ring (bicyclic) bond motifs is 1. The van der Waals surface area contributed by atoms with E-state index < -0.39 is 0 Å². The Hall–Kier alpha value is 0.293. The Morgan fingerprint density at radius 3 is 2.00 bits per heavy atom. The summed E-state index contributed by atoms with van der Waals surface area (Å²) in [7, 11) is 0. The summed E-state index contributed by atoms with van der Waals surface area (Å²) in [6, 6.07) is 14.7. The predicted octanol–water partition coefficient (Wildman–Crippen LogP) is -2.54. The molecule has 0 heterocycles. The van der Waals surface area contributed by atoms with Crippen molar-refractivity contribution in [2.45, 2.75) is 0 Å². The summed E-state index contributed by atoms with van der Waals surface area (Å²) in [6.45, 7) is 0. The Morgan fingerprint density at radius 2 is 1.43 bits per heavy atom. The molecule has 0 nitrogen and oxygen atoms in total. The largest absolute Gasteiger partial charge is 2.00 e. The van der Waals surface area contributed by atoms with Crippen molar-refractivity contribution in [2.75, 3.05) is 0 Å². The van der Waals surface area contributed by atoms with Gasteiger partial charge in [0, 0.05) is 0 Å². The van der Waals surface area contributed by atoms with Crippen LogP contribution in [0.5, 0.6) is 0 Å². The molecule has 3 heteroatoms. The Kier molecular flexibility index (Phi) is 19.4. The Labute approximate surface area is 118 Å². The van der Waals surface area contributed by atoms with E-state index in [0.717, 1.165) is 0 Å². The molecule has 2 rings (SSSR count).